The minimum atomic E-state index is -3.49. The van der Waals surface area contributed by atoms with Crippen molar-refractivity contribution in [3.05, 3.63) is 12.5 Å². The van der Waals surface area contributed by atoms with Crippen LogP contribution in [0.15, 0.2) is 17.6 Å². The normalized spacial score (nSPS) is 22.8. The summed E-state index contributed by atoms with van der Waals surface area (Å²) in [6.07, 6.45) is 4.64. The van der Waals surface area contributed by atoms with Gasteiger partial charge in [-0.25, -0.2) is 13.4 Å². The van der Waals surface area contributed by atoms with Crippen LogP contribution in [0.3, 0.4) is 0 Å². The van der Waals surface area contributed by atoms with Gasteiger partial charge in [0.05, 0.1) is 6.33 Å². The van der Waals surface area contributed by atoms with E-state index in [1.807, 2.05) is 0 Å². The van der Waals surface area contributed by atoms with E-state index in [0.29, 0.717) is 13.1 Å². The van der Waals surface area contributed by atoms with Gasteiger partial charge in [-0.1, -0.05) is 0 Å². The quantitative estimate of drug-likeness (QED) is 0.816. The third-order valence-corrected chi connectivity index (χ3v) is 4.78. The molecule has 17 heavy (non-hydrogen) atoms. The van der Waals surface area contributed by atoms with Crippen LogP contribution in [-0.4, -0.2) is 47.1 Å². The fraction of sp³-hybridized carbons (Fsp3) is 0.700. The van der Waals surface area contributed by atoms with E-state index in [2.05, 4.69) is 4.98 Å². The number of imidazole rings is 1. The van der Waals surface area contributed by atoms with Gasteiger partial charge in [-0.2, -0.15) is 4.31 Å². The van der Waals surface area contributed by atoms with Gasteiger partial charge in [0, 0.05) is 32.9 Å². The Hall–Kier alpha value is -0.920. The minimum absolute atomic E-state index is 0.0360. The molecule has 1 fully saturated rings. The zero-order chi connectivity index (χ0) is 12.5. The molecule has 1 unspecified atom stereocenters. The van der Waals surface area contributed by atoms with Crippen LogP contribution in [0.1, 0.15) is 12.8 Å². The van der Waals surface area contributed by atoms with Gasteiger partial charge in [0.25, 0.3) is 10.0 Å². The van der Waals surface area contributed by atoms with Crippen molar-refractivity contribution in [3.63, 3.8) is 0 Å². The van der Waals surface area contributed by atoms with E-state index in [9.17, 15) is 8.42 Å². The van der Waals surface area contributed by atoms with Gasteiger partial charge in [0.1, 0.15) is 0 Å². The maximum Gasteiger partial charge on any atom is 0.262 e. The number of hydrogen-bond acceptors (Lipinski definition) is 4. The van der Waals surface area contributed by atoms with Gasteiger partial charge < -0.3 is 9.67 Å². The second kappa shape index (κ2) is 4.75. The molecule has 1 aromatic heterocycles. The van der Waals surface area contributed by atoms with Crippen molar-refractivity contribution in [2.75, 3.05) is 19.7 Å². The fourth-order valence-corrected chi connectivity index (χ4v) is 3.57. The van der Waals surface area contributed by atoms with Crippen LogP contribution < -0.4 is 0 Å². The molecule has 0 saturated carbocycles. The Kier molecular flexibility index (Phi) is 3.50. The van der Waals surface area contributed by atoms with Gasteiger partial charge >= 0.3 is 0 Å². The molecule has 0 radical (unpaired) electrons. The summed E-state index contributed by atoms with van der Waals surface area (Å²) in [6.45, 7) is 0.930. The molecule has 0 spiro atoms. The predicted molar refractivity (Wildman–Crippen MR) is 61.8 cm³/mol. The lowest BCUT2D eigenvalue weighted by Gasteiger charge is -2.30. The molecule has 2 heterocycles. The van der Waals surface area contributed by atoms with Gasteiger partial charge in [-0.15, -0.1) is 0 Å². The summed E-state index contributed by atoms with van der Waals surface area (Å²) in [5.74, 6) is 0.0437. The number of sulfonamides is 1. The maximum absolute atomic E-state index is 12.2. The highest BCUT2D eigenvalue weighted by Crippen LogP contribution is 2.22. The molecule has 6 nitrogen and oxygen atoms in total. The molecule has 1 aliphatic rings. The van der Waals surface area contributed by atoms with Gasteiger partial charge in [0.15, 0.2) is 5.03 Å². The van der Waals surface area contributed by atoms with Crippen molar-refractivity contribution < 1.29 is 13.5 Å². The zero-order valence-corrected chi connectivity index (χ0v) is 10.6. The summed E-state index contributed by atoms with van der Waals surface area (Å²) >= 11 is 0. The number of piperidine rings is 1. The van der Waals surface area contributed by atoms with Crippen LogP contribution in [-0.2, 0) is 17.1 Å². The molecule has 1 aliphatic heterocycles. The van der Waals surface area contributed by atoms with E-state index < -0.39 is 10.0 Å². The van der Waals surface area contributed by atoms with Crippen LogP contribution >= 0.6 is 0 Å². The summed E-state index contributed by atoms with van der Waals surface area (Å²) < 4.78 is 27.5. The van der Waals surface area contributed by atoms with Crippen molar-refractivity contribution >= 4 is 10.0 Å². The Morgan fingerprint density at radius 1 is 1.59 bits per heavy atom. The van der Waals surface area contributed by atoms with Gasteiger partial charge in [0.2, 0.25) is 0 Å². The van der Waals surface area contributed by atoms with Gasteiger partial charge in [-0.3, -0.25) is 0 Å². The highest BCUT2D eigenvalue weighted by atomic mass is 32.2. The maximum atomic E-state index is 12.2. The van der Waals surface area contributed by atoms with Crippen LogP contribution in [0.5, 0.6) is 0 Å². The average Bonchev–Trinajstić information content (AvgIpc) is 2.76. The molecule has 1 N–H and O–H groups in total. The molecular formula is C10H17N3O3S. The van der Waals surface area contributed by atoms with Crippen molar-refractivity contribution in [2.45, 2.75) is 17.9 Å². The van der Waals surface area contributed by atoms with Crippen LogP contribution in [0, 0.1) is 5.92 Å². The summed E-state index contributed by atoms with van der Waals surface area (Å²) in [5.41, 5.74) is 0. The first-order chi connectivity index (χ1) is 8.04. The fourth-order valence-electron chi connectivity index (χ4n) is 2.05. The Morgan fingerprint density at radius 3 is 2.94 bits per heavy atom. The van der Waals surface area contributed by atoms with E-state index in [1.165, 1.54) is 16.8 Å². The molecule has 0 amide bonds. The lowest BCUT2D eigenvalue weighted by atomic mass is 10.0. The molecule has 0 aliphatic carbocycles. The molecule has 96 valence electrons. The number of aliphatic hydroxyl groups excluding tert-OH is 1. The second-order valence-electron chi connectivity index (χ2n) is 4.43. The van der Waals surface area contributed by atoms with Crippen LogP contribution in [0.2, 0.25) is 0 Å². The number of hydrogen-bond donors (Lipinski definition) is 1. The molecule has 1 atom stereocenters. The number of rotatable bonds is 3. The average molecular weight is 259 g/mol. The van der Waals surface area contributed by atoms with Crippen LogP contribution in [0.4, 0.5) is 0 Å². The zero-order valence-electron chi connectivity index (χ0n) is 9.78. The topological polar surface area (TPSA) is 75.4 Å². The monoisotopic (exact) mass is 259 g/mol. The van der Waals surface area contributed by atoms with Crippen molar-refractivity contribution in [1.82, 2.24) is 13.9 Å². The standard InChI is InChI=1S/C10H17N3O3S/c1-12-6-10(11-8-12)17(15,16)13-4-2-3-9(5-13)7-14/h6,8-9,14H,2-5,7H2,1H3. The Morgan fingerprint density at radius 2 is 2.35 bits per heavy atom. The van der Waals surface area contributed by atoms with Crippen LogP contribution in [0.25, 0.3) is 0 Å². The van der Waals surface area contributed by atoms with E-state index in [-0.39, 0.29) is 17.6 Å². The number of aryl methyl sites for hydroxylation is 1. The number of aromatic nitrogens is 2. The van der Waals surface area contributed by atoms with E-state index in [1.54, 1.807) is 11.6 Å². The SMILES string of the molecule is Cn1cnc(S(=O)(=O)N2CCCC(CO)C2)c1. The Bertz CT molecular complexity index is 483. The first-order valence-electron chi connectivity index (χ1n) is 5.63. The van der Waals surface area contributed by atoms with E-state index in [0.717, 1.165) is 12.8 Å². The third-order valence-electron chi connectivity index (χ3n) is 3.03. The third kappa shape index (κ3) is 2.51. The first kappa shape index (κ1) is 12.5. The van der Waals surface area contributed by atoms with E-state index >= 15 is 0 Å². The lowest BCUT2D eigenvalue weighted by molar-refractivity contribution is 0.165. The molecule has 7 heteroatoms. The largest absolute Gasteiger partial charge is 0.396 e. The highest BCUT2D eigenvalue weighted by Gasteiger charge is 2.31. The van der Waals surface area contributed by atoms with Crippen molar-refractivity contribution in [2.24, 2.45) is 13.0 Å². The molecule has 1 aromatic rings. The number of aliphatic hydroxyl groups is 1. The summed E-state index contributed by atoms with van der Waals surface area (Å²) in [7, 11) is -1.76. The van der Waals surface area contributed by atoms with Crippen molar-refractivity contribution in [3.8, 4) is 0 Å². The van der Waals surface area contributed by atoms with Crippen molar-refractivity contribution in [1.29, 1.82) is 0 Å². The Labute approximate surface area is 101 Å². The predicted octanol–water partition coefficient (Wildman–Crippen LogP) is -0.187. The lowest BCUT2D eigenvalue weighted by Crippen LogP contribution is -2.41. The second-order valence-corrected chi connectivity index (χ2v) is 6.32. The van der Waals surface area contributed by atoms with Gasteiger partial charge in [-0.05, 0) is 18.8 Å². The highest BCUT2D eigenvalue weighted by molar-refractivity contribution is 7.89. The smallest absolute Gasteiger partial charge is 0.262 e. The summed E-state index contributed by atoms with van der Waals surface area (Å²) in [6, 6.07) is 0. The molecule has 0 aromatic carbocycles. The molecule has 2 rings (SSSR count). The first-order valence-corrected chi connectivity index (χ1v) is 7.07. The summed E-state index contributed by atoms with van der Waals surface area (Å²) in [5, 5.41) is 9.19. The van der Waals surface area contributed by atoms with E-state index in [4.69, 9.17) is 5.11 Å². The molecular weight excluding hydrogens is 242 g/mol. The minimum Gasteiger partial charge on any atom is -0.396 e. The number of nitrogens with zero attached hydrogens (tertiary/aromatic N) is 3. The Balaban J connectivity index is 2.21. The summed E-state index contributed by atoms with van der Waals surface area (Å²) in [4.78, 5) is 3.88. The molecule has 0 bridgehead atoms. The molecule has 1 saturated heterocycles.